The van der Waals surface area contributed by atoms with Gasteiger partial charge in [0.05, 0.1) is 5.02 Å². The van der Waals surface area contributed by atoms with Crippen LogP contribution in [0.2, 0.25) is 5.02 Å². The van der Waals surface area contributed by atoms with Crippen LogP contribution in [0.15, 0.2) is 23.1 Å². The molecule has 2 rings (SSSR count). The minimum absolute atomic E-state index is 0. The number of nitrogens with zero attached hydrogens (tertiary/aromatic N) is 1. The molecule has 1 atom stereocenters. The van der Waals surface area contributed by atoms with Crippen molar-refractivity contribution in [2.45, 2.75) is 24.8 Å². The average molecular weight is 325 g/mol. The van der Waals surface area contributed by atoms with Crippen LogP contribution in [0.5, 0.6) is 0 Å². The fourth-order valence-electron chi connectivity index (χ4n) is 2.07. The third kappa shape index (κ3) is 3.61. The van der Waals surface area contributed by atoms with Crippen molar-refractivity contribution in [1.82, 2.24) is 9.62 Å². The molecule has 0 amide bonds. The van der Waals surface area contributed by atoms with Gasteiger partial charge in [0.25, 0.3) is 0 Å². The van der Waals surface area contributed by atoms with Crippen molar-refractivity contribution in [2.75, 3.05) is 19.6 Å². The van der Waals surface area contributed by atoms with Crippen molar-refractivity contribution >= 4 is 34.0 Å². The predicted octanol–water partition coefficient (Wildman–Crippen LogP) is 2.05. The Labute approximate surface area is 125 Å². The summed E-state index contributed by atoms with van der Waals surface area (Å²) in [5.41, 5.74) is 0.952. The number of hydrogen-bond acceptors (Lipinski definition) is 3. The van der Waals surface area contributed by atoms with Crippen LogP contribution >= 0.6 is 24.0 Å². The molecule has 0 radical (unpaired) electrons. The molecule has 1 aromatic carbocycles. The van der Waals surface area contributed by atoms with Crippen LogP contribution in [0.4, 0.5) is 0 Å². The molecule has 4 nitrogen and oxygen atoms in total. The first-order valence-corrected chi connectivity index (χ1v) is 7.73. The fourth-order valence-corrected chi connectivity index (χ4v) is 4.17. The smallest absolute Gasteiger partial charge is 0.244 e. The first-order valence-electron chi connectivity index (χ1n) is 5.91. The topological polar surface area (TPSA) is 49.4 Å². The maximum atomic E-state index is 12.5. The van der Waals surface area contributed by atoms with Crippen LogP contribution in [0, 0.1) is 6.92 Å². The third-order valence-electron chi connectivity index (χ3n) is 3.04. The van der Waals surface area contributed by atoms with Gasteiger partial charge in [-0.1, -0.05) is 17.7 Å². The number of hydrogen-bond donors (Lipinski definition) is 1. The van der Waals surface area contributed by atoms with Gasteiger partial charge in [0.1, 0.15) is 4.90 Å². The highest BCUT2D eigenvalue weighted by Gasteiger charge is 2.29. The Morgan fingerprint density at radius 1 is 1.42 bits per heavy atom. The van der Waals surface area contributed by atoms with E-state index in [0.29, 0.717) is 24.7 Å². The monoisotopic (exact) mass is 324 g/mol. The molecule has 19 heavy (non-hydrogen) atoms. The van der Waals surface area contributed by atoms with Gasteiger partial charge in [-0.3, -0.25) is 0 Å². The second kappa shape index (κ2) is 6.41. The minimum atomic E-state index is -3.48. The lowest BCUT2D eigenvalue weighted by atomic mass is 10.2. The van der Waals surface area contributed by atoms with E-state index in [9.17, 15) is 8.42 Å². The molecule has 0 spiro atoms. The number of sulfonamides is 1. The fraction of sp³-hybridized carbons (Fsp3) is 0.500. The molecular weight excluding hydrogens is 307 g/mol. The Morgan fingerprint density at radius 3 is 2.68 bits per heavy atom. The van der Waals surface area contributed by atoms with Crippen molar-refractivity contribution in [1.29, 1.82) is 0 Å². The highest BCUT2D eigenvalue weighted by Crippen LogP contribution is 2.26. The van der Waals surface area contributed by atoms with E-state index in [2.05, 4.69) is 5.32 Å². The summed E-state index contributed by atoms with van der Waals surface area (Å²) in [7, 11) is -3.48. The first-order chi connectivity index (χ1) is 8.41. The van der Waals surface area contributed by atoms with Gasteiger partial charge in [-0.25, -0.2) is 8.42 Å². The average Bonchev–Trinajstić information content (AvgIpc) is 2.28. The van der Waals surface area contributed by atoms with Crippen LogP contribution in [-0.4, -0.2) is 38.4 Å². The summed E-state index contributed by atoms with van der Waals surface area (Å²) >= 11 is 6.05. The summed E-state index contributed by atoms with van der Waals surface area (Å²) in [6, 6.07) is 5.20. The quantitative estimate of drug-likeness (QED) is 0.905. The summed E-state index contributed by atoms with van der Waals surface area (Å²) < 4.78 is 26.4. The standard InChI is InChI=1S/C12H17ClN2O2S.ClH/c1-9-3-4-12(11(13)7-9)18(16,17)15-6-5-14-10(2)8-15;/h3-4,7,10,14H,5-6,8H2,1-2H3;1H/t10-;/m0./s1. The lowest BCUT2D eigenvalue weighted by Crippen LogP contribution is -2.51. The van der Waals surface area contributed by atoms with Gasteiger partial charge in [-0.2, -0.15) is 4.31 Å². The van der Waals surface area contributed by atoms with Crippen LogP contribution in [0.3, 0.4) is 0 Å². The molecule has 7 heteroatoms. The van der Waals surface area contributed by atoms with E-state index >= 15 is 0 Å². The molecule has 0 saturated carbocycles. The van der Waals surface area contributed by atoms with Gasteiger partial charge in [0.2, 0.25) is 10.0 Å². The number of aryl methyl sites for hydroxylation is 1. The third-order valence-corrected chi connectivity index (χ3v) is 5.38. The second-order valence-electron chi connectivity index (χ2n) is 4.65. The van der Waals surface area contributed by atoms with Crippen molar-refractivity contribution < 1.29 is 8.42 Å². The normalized spacial score (nSPS) is 20.9. The Morgan fingerprint density at radius 2 is 2.11 bits per heavy atom. The number of halogens is 2. The Bertz CT molecular complexity index is 549. The molecule has 1 aromatic rings. The highest BCUT2D eigenvalue weighted by molar-refractivity contribution is 7.89. The molecule has 1 aliphatic heterocycles. The molecular formula is C12H18Cl2N2O2S. The lowest BCUT2D eigenvalue weighted by Gasteiger charge is -2.31. The van der Waals surface area contributed by atoms with Gasteiger partial charge >= 0.3 is 0 Å². The Kier molecular flexibility index (Phi) is 5.65. The molecule has 108 valence electrons. The second-order valence-corrected chi connectivity index (χ2v) is 6.97. The van der Waals surface area contributed by atoms with Crippen molar-refractivity contribution in [3.05, 3.63) is 28.8 Å². The van der Waals surface area contributed by atoms with E-state index in [1.165, 1.54) is 4.31 Å². The minimum Gasteiger partial charge on any atom is -0.312 e. The Balaban J connectivity index is 0.00000180. The zero-order valence-electron chi connectivity index (χ0n) is 10.9. The maximum Gasteiger partial charge on any atom is 0.244 e. The molecule has 0 aromatic heterocycles. The highest BCUT2D eigenvalue weighted by atomic mass is 35.5. The van der Waals surface area contributed by atoms with Crippen molar-refractivity contribution in [3.63, 3.8) is 0 Å². The van der Waals surface area contributed by atoms with E-state index in [1.807, 2.05) is 13.8 Å². The van der Waals surface area contributed by atoms with E-state index in [4.69, 9.17) is 11.6 Å². The van der Waals surface area contributed by atoms with Crippen molar-refractivity contribution in [2.24, 2.45) is 0 Å². The SMILES string of the molecule is Cc1ccc(S(=O)(=O)N2CCN[C@@H](C)C2)c(Cl)c1.Cl. The Hall–Kier alpha value is -0.330. The largest absolute Gasteiger partial charge is 0.312 e. The zero-order chi connectivity index (χ0) is 13.3. The molecule has 0 aliphatic carbocycles. The molecule has 0 bridgehead atoms. The van der Waals surface area contributed by atoms with Gasteiger partial charge < -0.3 is 5.32 Å². The molecule has 1 fully saturated rings. The molecule has 1 N–H and O–H groups in total. The van der Waals surface area contributed by atoms with Gasteiger partial charge in [-0.15, -0.1) is 12.4 Å². The molecule has 0 unspecified atom stereocenters. The summed E-state index contributed by atoms with van der Waals surface area (Å²) in [4.78, 5) is 0.198. The van der Waals surface area contributed by atoms with Crippen LogP contribution in [0.1, 0.15) is 12.5 Å². The predicted molar refractivity (Wildman–Crippen MR) is 79.7 cm³/mol. The van der Waals surface area contributed by atoms with E-state index in [-0.39, 0.29) is 23.3 Å². The number of rotatable bonds is 2. The zero-order valence-corrected chi connectivity index (χ0v) is 13.3. The summed E-state index contributed by atoms with van der Waals surface area (Å²) in [6.45, 7) is 5.49. The molecule has 1 heterocycles. The summed E-state index contributed by atoms with van der Waals surface area (Å²) in [5, 5.41) is 3.51. The summed E-state index contributed by atoms with van der Waals surface area (Å²) in [5.74, 6) is 0. The van der Waals surface area contributed by atoms with E-state index < -0.39 is 10.0 Å². The first kappa shape index (κ1) is 16.7. The number of benzene rings is 1. The molecule has 1 aliphatic rings. The van der Waals surface area contributed by atoms with Crippen LogP contribution < -0.4 is 5.32 Å². The summed E-state index contributed by atoms with van der Waals surface area (Å²) in [6.07, 6.45) is 0. The van der Waals surface area contributed by atoms with E-state index in [0.717, 1.165) is 5.56 Å². The van der Waals surface area contributed by atoms with Gasteiger partial charge in [0, 0.05) is 25.7 Å². The number of piperazine rings is 1. The van der Waals surface area contributed by atoms with Crippen LogP contribution in [0.25, 0.3) is 0 Å². The number of nitrogens with one attached hydrogen (secondary N) is 1. The van der Waals surface area contributed by atoms with E-state index in [1.54, 1.807) is 18.2 Å². The van der Waals surface area contributed by atoms with Gasteiger partial charge in [0.15, 0.2) is 0 Å². The van der Waals surface area contributed by atoms with Crippen LogP contribution in [-0.2, 0) is 10.0 Å². The lowest BCUT2D eigenvalue weighted by molar-refractivity contribution is 0.310. The maximum absolute atomic E-state index is 12.5. The van der Waals surface area contributed by atoms with Gasteiger partial charge in [-0.05, 0) is 31.5 Å². The van der Waals surface area contributed by atoms with Crippen molar-refractivity contribution in [3.8, 4) is 0 Å². The molecule has 1 saturated heterocycles.